The summed E-state index contributed by atoms with van der Waals surface area (Å²) in [5.74, 6) is 0.364. The molecule has 1 heterocycles. The third-order valence-electron chi connectivity index (χ3n) is 4.36. The minimum absolute atomic E-state index is 0.101. The largest absolute Gasteiger partial charge is 0.493 e. The van der Waals surface area contributed by atoms with E-state index in [2.05, 4.69) is 29.3 Å². The second kappa shape index (κ2) is 7.44. The van der Waals surface area contributed by atoms with E-state index < -0.39 is 0 Å². The molecule has 1 aliphatic rings. The molecule has 5 nitrogen and oxygen atoms in total. The topological polar surface area (TPSA) is 67.4 Å². The van der Waals surface area contributed by atoms with Gasteiger partial charge in [0.1, 0.15) is 5.75 Å². The summed E-state index contributed by atoms with van der Waals surface area (Å²) in [6, 6.07) is 10.9. The molecule has 1 aliphatic heterocycles. The van der Waals surface area contributed by atoms with E-state index in [0.717, 1.165) is 22.4 Å². The highest BCUT2D eigenvalue weighted by Gasteiger charge is 2.25. The van der Waals surface area contributed by atoms with Crippen LogP contribution in [0.2, 0.25) is 0 Å². The summed E-state index contributed by atoms with van der Waals surface area (Å²) in [6.07, 6.45) is 1.91. The maximum absolute atomic E-state index is 12.7. The Morgan fingerprint density at radius 2 is 2.04 bits per heavy atom. The molecule has 0 fully saturated rings. The monoisotopic (exact) mass is 350 g/mol. The lowest BCUT2D eigenvalue weighted by Gasteiger charge is -2.28. The Bertz CT molecular complexity index is 874. The number of carbonyl (C=O) groups is 2. The van der Waals surface area contributed by atoms with E-state index >= 15 is 0 Å². The first-order valence-corrected chi connectivity index (χ1v) is 8.56. The molecule has 0 saturated carbocycles. The molecule has 0 bridgehead atoms. The van der Waals surface area contributed by atoms with E-state index in [4.69, 9.17) is 4.74 Å². The number of rotatable bonds is 4. The Hall–Kier alpha value is -3.08. The zero-order valence-electron chi connectivity index (χ0n) is 15.0. The van der Waals surface area contributed by atoms with Crippen molar-refractivity contribution in [1.82, 2.24) is 5.32 Å². The molecule has 1 atom stereocenters. The third kappa shape index (κ3) is 3.77. The van der Waals surface area contributed by atoms with Crippen molar-refractivity contribution in [3.8, 4) is 5.75 Å². The standard InChI is InChI=1S/C21H22N2O3/c1-4-19(24)22-16-7-5-6-15(12-16)21(25)23-18-8-9-26-20-14(3)10-13(2)11-17(18)20/h4-7,10-12,18H,1,8-9H2,2-3H3,(H,22,24)(H,23,25)/t18-/m0/s1. The van der Waals surface area contributed by atoms with Crippen LogP contribution in [-0.2, 0) is 4.79 Å². The molecule has 134 valence electrons. The van der Waals surface area contributed by atoms with E-state index in [1.807, 2.05) is 13.8 Å². The van der Waals surface area contributed by atoms with Crippen LogP contribution < -0.4 is 15.4 Å². The Morgan fingerprint density at radius 3 is 2.81 bits per heavy atom. The molecule has 0 radical (unpaired) electrons. The number of carbonyl (C=O) groups excluding carboxylic acids is 2. The Kier molecular flexibility index (Phi) is 5.07. The Balaban J connectivity index is 1.81. The molecule has 0 aromatic heterocycles. The second-order valence-electron chi connectivity index (χ2n) is 6.44. The molecule has 2 amide bonds. The molecule has 26 heavy (non-hydrogen) atoms. The summed E-state index contributed by atoms with van der Waals surface area (Å²) in [5, 5.41) is 5.75. The maximum atomic E-state index is 12.7. The number of ether oxygens (including phenoxy) is 1. The van der Waals surface area contributed by atoms with Crippen LogP contribution in [-0.4, -0.2) is 18.4 Å². The van der Waals surface area contributed by atoms with Crippen molar-refractivity contribution in [1.29, 1.82) is 0 Å². The molecule has 2 aromatic carbocycles. The fourth-order valence-electron chi connectivity index (χ4n) is 3.20. The van der Waals surface area contributed by atoms with Gasteiger partial charge in [-0.25, -0.2) is 0 Å². The normalized spacial score (nSPS) is 15.4. The summed E-state index contributed by atoms with van der Waals surface area (Å²) in [4.78, 5) is 24.2. The molecular weight excluding hydrogens is 328 g/mol. The lowest BCUT2D eigenvalue weighted by Crippen LogP contribution is -2.32. The first kappa shape index (κ1) is 17.7. The first-order valence-electron chi connectivity index (χ1n) is 8.56. The zero-order chi connectivity index (χ0) is 18.7. The van der Waals surface area contributed by atoms with Gasteiger partial charge in [-0.1, -0.05) is 30.3 Å². The number of benzene rings is 2. The molecule has 0 aliphatic carbocycles. The van der Waals surface area contributed by atoms with Crippen molar-refractivity contribution >= 4 is 17.5 Å². The quantitative estimate of drug-likeness (QED) is 0.827. The summed E-state index contributed by atoms with van der Waals surface area (Å²) in [6.45, 7) is 8.04. The number of nitrogens with one attached hydrogen (secondary N) is 2. The fourth-order valence-corrected chi connectivity index (χ4v) is 3.20. The first-order chi connectivity index (χ1) is 12.5. The molecule has 2 N–H and O–H groups in total. The summed E-state index contributed by atoms with van der Waals surface area (Å²) < 4.78 is 5.79. The Morgan fingerprint density at radius 1 is 1.23 bits per heavy atom. The van der Waals surface area contributed by atoms with Crippen LogP contribution in [0.15, 0.2) is 49.1 Å². The molecule has 0 spiro atoms. The van der Waals surface area contributed by atoms with Crippen LogP contribution in [0, 0.1) is 13.8 Å². The average Bonchev–Trinajstić information content (AvgIpc) is 2.62. The highest BCUT2D eigenvalue weighted by Crippen LogP contribution is 2.35. The van der Waals surface area contributed by atoms with Gasteiger partial charge in [0.15, 0.2) is 0 Å². The van der Waals surface area contributed by atoms with E-state index in [0.29, 0.717) is 24.3 Å². The van der Waals surface area contributed by atoms with E-state index in [1.54, 1.807) is 24.3 Å². The number of anilines is 1. The van der Waals surface area contributed by atoms with Crippen molar-refractivity contribution in [3.05, 3.63) is 71.3 Å². The number of hydrogen-bond acceptors (Lipinski definition) is 3. The van der Waals surface area contributed by atoms with Gasteiger partial charge in [0.05, 0.1) is 12.6 Å². The molecule has 2 aromatic rings. The summed E-state index contributed by atoms with van der Waals surface area (Å²) in [5.41, 5.74) is 4.28. The molecule has 3 rings (SSSR count). The van der Waals surface area contributed by atoms with Crippen LogP contribution >= 0.6 is 0 Å². The highest BCUT2D eigenvalue weighted by molar-refractivity contribution is 6.00. The van der Waals surface area contributed by atoms with Crippen LogP contribution in [0.5, 0.6) is 5.75 Å². The van der Waals surface area contributed by atoms with Crippen molar-refractivity contribution in [3.63, 3.8) is 0 Å². The van der Waals surface area contributed by atoms with E-state index in [-0.39, 0.29) is 17.9 Å². The van der Waals surface area contributed by atoms with Gasteiger partial charge in [-0.15, -0.1) is 0 Å². The summed E-state index contributed by atoms with van der Waals surface area (Å²) in [7, 11) is 0. The minimum atomic E-state index is -0.313. The lowest BCUT2D eigenvalue weighted by atomic mass is 9.95. The number of aryl methyl sites for hydroxylation is 2. The van der Waals surface area contributed by atoms with Crippen molar-refractivity contribution in [2.24, 2.45) is 0 Å². The van der Waals surface area contributed by atoms with Gasteiger partial charge in [-0.3, -0.25) is 9.59 Å². The van der Waals surface area contributed by atoms with E-state index in [9.17, 15) is 9.59 Å². The van der Waals surface area contributed by atoms with Crippen molar-refractivity contribution < 1.29 is 14.3 Å². The second-order valence-corrected chi connectivity index (χ2v) is 6.44. The lowest BCUT2D eigenvalue weighted by molar-refractivity contribution is -0.111. The van der Waals surface area contributed by atoms with Gasteiger partial charge in [-0.2, -0.15) is 0 Å². The predicted molar refractivity (Wildman–Crippen MR) is 102 cm³/mol. The SMILES string of the molecule is C=CC(=O)Nc1cccc(C(=O)N[C@H]2CCOc3c(C)cc(C)cc32)c1. The molecule has 0 saturated heterocycles. The van der Waals surface area contributed by atoms with Gasteiger partial charge in [-0.05, 0) is 43.7 Å². The predicted octanol–water partition coefficient (Wildman–Crippen LogP) is 3.68. The fraction of sp³-hybridized carbons (Fsp3) is 0.238. The van der Waals surface area contributed by atoms with Gasteiger partial charge in [0.2, 0.25) is 5.91 Å². The maximum Gasteiger partial charge on any atom is 0.251 e. The molecule has 5 heteroatoms. The van der Waals surface area contributed by atoms with E-state index in [1.165, 1.54) is 6.08 Å². The van der Waals surface area contributed by atoms with Gasteiger partial charge < -0.3 is 15.4 Å². The molecular formula is C21H22N2O3. The van der Waals surface area contributed by atoms with Crippen LogP contribution in [0.1, 0.15) is 39.5 Å². The van der Waals surface area contributed by atoms with Gasteiger partial charge in [0.25, 0.3) is 5.91 Å². The molecule has 0 unspecified atom stereocenters. The van der Waals surface area contributed by atoms with Crippen molar-refractivity contribution in [2.45, 2.75) is 26.3 Å². The smallest absolute Gasteiger partial charge is 0.251 e. The highest BCUT2D eigenvalue weighted by atomic mass is 16.5. The number of hydrogen-bond donors (Lipinski definition) is 2. The van der Waals surface area contributed by atoms with Crippen molar-refractivity contribution in [2.75, 3.05) is 11.9 Å². The third-order valence-corrected chi connectivity index (χ3v) is 4.36. The average molecular weight is 350 g/mol. The van der Waals surface area contributed by atoms with Gasteiger partial charge in [0, 0.05) is 23.2 Å². The van der Waals surface area contributed by atoms with Crippen LogP contribution in [0.4, 0.5) is 5.69 Å². The van der Waals surface area contributed by atoms with Crippen LogP contribution in [0.3, 0.4) is 0 Å². The van der Waals surface area contributed by atoms with Gasteiger partial charge >= 0.3 is 0 Å². The zero-order valence-corrected chi connectivity index (χ0v) is 15.0. The number of amides is 2. The minimum Gasteiger partial charge on any atom is -0.493 e. The summed E-state index contributed by atoms with van der Waals surface area (Å²) >= 11 is 0. The Labute approximate surface area is 153 Å². The van der Waals surface area contributed by atoms with Crippen LogP contribution in [0.25, 0.3) is 0 Å². The number of fused-ring (bicyclic) bond motifs is 1.